The highest BCUT2D eigenvalue weighted by atomic mass is 79.9. The lowest BCUT2D eigenvalue weighted by Crippen LogP contribution is -2.04. The molecule has 0 aliphatic rings. The number of carbonyl (C=O) groups excluding carboxylic acids is 1. The van der Waals surface area contributed by atoms with Crippen molar-refractivity contribution in [1.29, 1.82) is 5.26 Å². The molecule has 0 saturated carbocycles. The maximum Gasteiger partial charge on any atom is 0.203 e. The molecule has 0 unspecified atom stereocenters. The summed E-state index contributed by atoms with van der Waals surface area (Å²) in [6.07, 6.45) is 1.58. The lowest BCUT2D eigenvalue weighted by atomic mass is 9.98. The third-order valence-electron chi connectivity index (χ3n) is 3.24. The summed E-state index contributed by atoms with van der Waals surface area (Å²) in [5.74, 6) is 0.424. The summed E-state index contributed by atoms with van der Waals surface area (Å²) in [6.45, 7) is 1.85. The van der Waals surface area contributed by atoms with E-state index in [4.69, 9.17) is 4.74 Å². The molecule has 0 aliphatic heterocycles. The van der Waals surface area contributed by atoms with Crippen molar-refractivity contribution in [3.63, 3.8) is 0 Å². The number of rotatable bonds is 4. The Morgan fingerprint density at radius 1 is 1.27 bits per heavy atom. The highest BCUT2D eigenvalue weighted by Gasteiger charge is 2.14. The van der Waals surface area contributed by atoms with Crippen LogP contribution in [0.1, 0.15) is 21.5 Å². The third kappa shape index (κ3) is 3.44. The first-order valence-corrected chi connectivity index (χ1v) is 7.41. The topological polar surface area (TPSA) is 50.1 Å². The molecular weight excluding hydrogens is 342 g/mol. The number of benzene rings is 2. The van der Waals surface area contributed by atoms with Crippen LogP contribution in [0.15, 0.2) is 52.5 Å². The number of hydrogen-bond acceptors (Lipinski definition) is 3. The van der Waals surface area contributed by atoms with Crippen molar-refractivity contribution in [2.75, 3.05) is 7.11 Å². The van der Waals surface area contributed by atoms with Crippen LogP contribution < -0.4 is 4.74 Å². The van der Waals surface area contributed by atoms with Crippen LogP contribution in [0.2, 0.25) is 0 Å². The van der Waals surface area contributed by atoms with Crippen molar-refractivity contribution < 1.29 is 9.53 Å². The monoisotopic (exact) mass is 355 g/mol. The number of halogens is 1. The smallest absolute Gasteiger partial charge is 0.203 e. The van der Waals surface area contributed by atoms with E-state index in [1.807, 2.05) is 25.1 Å². The maximum atomic E-state index is 12.5. The van der Waals surface area contributed by atoms with Gasteiger partial charge in [-0.25, -0.2) is 0 Å². The second-order valence-electron chi connectivity index (χ2n) is 4.71. The van der Waals surface area contributed by atoms with Crippen molar-refractivity contribution in [2.45, 2.75) is 6.92 Å². The highest BCUT2D eigenvalue weighted by Crippen LogP contribution is 2.26. The van der Waals surface area contributed by atoms with Gasteiger partial charge in [-0.1, -0.05) is 30.3 Å². The Hall–Kier alpha value is -2.38. The Kier molecular flexibility index (Phi) is 5.13. The third-order valence-corrected chi connectivity index (χ3v) is 3.86. The number of nitriles is 1. The first-order valence-electron chi connectivity index (χ1n) is 6.62. The summed E-state index contributed by atoms with van der Waals surface area (Å²) in [4.78, 5) is 12.5. The van der Waals surface area contributed by atoms with Crippen LogP contribution in [0.3, 0.4) is 0 Å². The maximum absolute atomic E-state index is 12.5. The van der Waals surface area contributed by atoms with E-state index in [1.54, 1.807) is 43.5 Å². The van der Waals surface area contributed by atoms with Gasteiger partial charge in [0.2, 0.25) is 5.78 Å². The molecule has 110 valence electrons. The minimum atomic E-state index is -0.271. The van der Waals surface area contributed by atoms with E-state index in [1.165, 1.54) is 0 Å². The van der Waals surface area contributed by atoms with E-state index in [-0.39, 0.29) is 11.4 Å². The summed E-state index contributed by atoms with van der Waals surface area (Å²) < 4.78 is 5.93. The van der Waals surface area contributed by atoms with E-state index in [2.05, 4.69) is 15.9 Å². The number of ether oxygens (including phenoxy) is 1. The van der Waals surface area contributed by atoms with E-state index in [0.29, 0.717) is 11.3 Å². The van der Waals surface area contributed by atoms with Gasteiger partial charge < -0.3 is 4.74 Å². The molecule has 0 aromatic heterocycles. The summed E-state index contributed by atoms with van der Waals surface area (Å²) in [5.41, 5.74) is 2.25. The molecule has 0 aliphatic carbocycles. The fraction of sp³-hybridized carbons (Fsp3) is 0.111. The average molecular weight is 356 g/mol. The molecule has 0 amide bonds. The SMILES string of the molecule is COc1ccc(/C=C(\C#N)C(=O)c2ccccc2C)cc1Br. The number of allylic oxidation sites excluding steroid dienone is 1. The summed E-state index contributed by atoms with van der Waals surface area (Å²) in [5, 5.41) is 9.30. The molecule has 2 aromatic rings. The van der Waals surface area contributed by atoms with Gasteiger partial charge in [-0.3, -0.25) is 4.79 Å². The molecule has 0 atom stereocenters. The van der Waals surface area contributed by atoms with Crippen molar-refractivity contribution in [3.8, 4) is 11.8 Å². The number of hydrogen-bond donors (Lipinski definition) is 0. The molecule has 0 bridgehead atoms. The zero-order chi connectivity index (χ0) is 16.1. The van der Waals surface area contributed by atoms with Crippen molar-refractivity contribution in [3.05, 3.63) is 69.2 Å². The quantitative estimate of drug-likeness (QED) is 0.459. The molecular formula is C18H14BrNO2. The summed E-state index contributed by atoms with van der Waals surface area (Å²) >= 11 is 3.39. The molecule has 4 heteroatoms. The lowest BCUT2D eigenvalue weighted by molar-refractivity contribution is 0.103. The van der Waals surface area contributed by atoms with Gasteiger partial charge in [-0.05, 0) is 52.2 Å². The van der Waals surface area contributed by atoms with Crippen LogP contribution in [0, 0.1) is 18.3 Å². The van der Waals surface area contributed by atoms with Gasteiger partial charge in [-0.15, -0.1) is 0 Å². The van der Waals surface area contributed by atoms with Crippen LogP contribution in [-0.4, -0.2) is 12.9 Å². The Morgan fingerprint density at radius 2 is 2.00 bits per heavy atom. The first-order chi connectivity index (χ1) is 10.6. The number of Topliss-reactive ketones (excluding diaryl/α,β-unsaturated/α-hetero) is 1. The lowest BCUT2D eigenvalue weighted by Gasteiger charge is -2.05. The van der Waals surface area contributed by atoms with E-state index in [0.717, 1.165) is 15.6 Å². The van der Waals surface area contributed by atoms with Gasteiger partial charge >= 0.3 is 0 Å². The predicted octanol–water partition coefficient (Wildman–Crippen LogP) is 4.56. The Bertz CT molecular complexity index is 788. The number of ketones is 1. The second kappa shape index (κ2) is 7.06. The molecule has 0 fully saturated rings. The number of carbonyl (C=O) groups is 1. The van der Waals surface area contributed by atoms with Crippen molar-refractivity contribution >= 4 is 27.8 Å². The Labute approximate surface area is 138 Å². The van der Waals surface area contributed by atoms with Crippen LogP contribution in [0.4, 0.5) is 0 Å². The number of aryl methyl sites for hydroxylation is 1. The van der Waals surface area contributed by atoms with Gasteiger partial charge in [-0.2, -0.15) is 5.26 Å². The minimum absolute atomic E-state index is 0.103. The number of methoxy groups -OCH3 is 1. The zero-order valence-corrected chi connectivity index (χ0v) is 13.8. The molecule has 2 rings (SSSR count). The molecule has 0 N–H and O–H groups in total. The normalized spacial score (nSPS) is 10.9. The van der Waals surface area contributed by atoms with Gasteiger partial charge in [0.25, 0.3) is 0 Å². The molecule has 2 aromatic carbocycles. The highest BCUT2D eigenvalue weighted by molar-refractivity contribution is 9.10. The first kappa shape index (κ1) is 16.0. The van der Waals surface area contributed by atoms with Crippen LogP contribution in [0.5, 0.6) is 5.75 Å². The molecule has 0 saturated heterocycles. The predicted molar refractivity (Wildman–Crippen MR) is 89.8 cm³/mol. The fourth-order valence-electron chi connectivity index (χ4n) is 2.06. The zero-order valence-electron chi connectivity index (χ0n) is 12.3. The van der Waals surface area contributed by atoms with Gasteiger partial charge in [0, 0.05) is 5.56 Å². The van der Waals surface area contributed by atoms with Gasteiger partial charge in [0.1, 0.15) is 17.4 Å². The molecule has 0 radical (unpaired) electrons. The fourth-order valence-corrected chi connectivity index (χ4v) is 2.62. The van der Waals surface area contributed by atoms with Gasteiger partial charge in [0.05, 0.1) is 11.6 Å². The standard InChI is InChI=1S/C18H14BrNO2/c1-12-5-3-4-6-15(12)18(21)14(11-20)9-13-7-8-17(22-2)16(19)10-13/h3-10H,1-2H3/b14-9+. The average Bonchev–Trinajstić information content (AvgIpc) is 2.52. The van der Waals surface area contributed by atoms with Crippen molar-refractivity contribution in [1.82, 2.24) is 0 Å². The van der Waals surface area contributed by atoms with Crippen LogP contribution in [-0.2, 0) is 0 Å². The molecule has 0 spiro atoms. The van der Waals surface area contributed by atoms with Crippen molar-refractivity contribution in [2.24, 2.45) is 0 Å². The van der Waals surface area contributed by atoms with E-state index >= 15 is 0 Å². The largest absolute Gasteiger partial charge is 0.496 e. The van der Waals surface area contributed by atoms with E-state index in [9.17, 15) is 10.1 Å². The Balaban J connectivity index is 2.40. The summed E-state index contributed by atoms with van der Waals surface area (Å²) in [6, 6.07) is 14.6. The second-order valence-corrected chi connectivity index (χ2v) is 5.56. The van der Waals surface area contributed by atoms with Gasteiger partial charge in [0.15, 0.2) is 0 Å². The van der Waals surface area contributed by atoms with Crippen LogP contribution in [0.25, 0.3) is 6.08 Å². The number of nitrogens with zero attached hydrogens (tertiary/aromatic N) is 1. The minimum Gasteiger partial charge on any atom is -0.496 e. The van der Waals surface area contributed by atoms with E-state index < -0.39 is 0 Å². The summed E-state index contributed by atoms with van der Waals surface area (Å²) in [7, 11) is 1.58. The molecule has 0 heterocycles. The molecule has 22 heavy (non-hydrogen) atoms. The molecule has 3 nitrogen and oxygen atoms in total. The van der Waals surface area contributed by atoms with Crippen LogP contribution >= 0.6 is 15.9 Å². The Morgan fingerprint density at radius 3 is 2.59 bits per heavy atom.